The predicted octanol–water partition coefficient (Wildman–Crippen LogP) is 3.87. The molecule has 1 fully saturated rings. The molecule has 0 saturated heterocycles. The summed E-state index contributed by atoms with van der Waals surface area (Å²) in [6.07, 6.45) is 5.27. The Kier molecular flexibility index (Phi) is 5.67. The van der Waals surface area contributed by atoms with Crippen molar-refractivity contribution in [2.75, 3.05) is 5.32 Å². The summed E-state index contributed by atoms with van der Waals surface area (Å²) in [5, 5.41) is 5.46. The third kappa shape index (κ3) is 4.83. The molecule has 0 unspecified atom stereocenters. The number of rotatable bonds is 4. The van der Waals surface area contributed by atoms with Crippen molar-refractivity contribution in [2.45, 2.75) is 38.1 Å². The van der Waals surface area contributed by atoms with Crippen molar-refractivity contribution in [1.82, 2.24) is 5.32 Å². The van der Waals surface area contributed by atoms with E-state index >= 15 is 0 Å². The highest BCUT2D eigenvalue weighted by atomic mass is 16.5. The van der Waals surface area contributed by atoms with E-state index < -0.39 is 11.8 Å². The van der Waals surface area contributed by atoms with Crippen molar-refractivity contribution in [3.8, 4) is 11.5 Å². The number of amides is 2. The highest BCUT2D eigenvalue weighted by Crippen LogP contribution is 2.29. The van der Waals surface area contributed by atoms with E-state index in [2.05, 4.69) is 10.6 Å². The zero-order valence-electron chi connectivity index (χ0n) is 14.0. The molecule has 1 aliphatic carbocycles. The van der Waals surface area contributed by atoms with E-state index in [4.69, 9.17) is 4.74 Å². The molecule has 5 nitrogen and oxygen atoms in total. The number of para-hydroxylation sites is 3. The molecule has 0 bridgehead atoms. The first-order valence-electron chi connectivity index (χ1n) is 8.66. The maximum Gasteiger partial charge on any atom is 0.313 e. The van der Waals surface area contributed by atoms with Crippen LogP contribution < -0.4 is 15.4 Å². The Bertz CT molecular complexity index is 725. The monoisotopic (exact) mass is 338 g/mol. The van der Waals surface area contributed by atoms with Gasteiger partial charge in [0.25, 0.3) is 0 Å². The Morgan fingerprint density at radius 1 is 0.840 bits per heavy atom. The molecule has 2 amide bonds. The molecule has 0 radical (unpaired) electrons. The fraction of sp³-hybridized carbons (Fsp3) is 0.300. The van der Waals surface area contributed by atoms with Crippen LogP contribution >= 0.6 is 0 Å². The molecule has 1 aliphatic rings. The van der Waals surface area contributed by atoms with Crippen LogP contribution in [0.15, 0.2) is 54.6 Å². The largest absolute Gasteiger partial charge is 0.455 e. The smallest absolute Gasteiger partial charge is 0.313 e. The summed E-state index contributed by atoms with van der Waals surface area (Å²) in [4.78, 5) is 24.3. The van der Waals surface area contributed by atoms with Gasteiger partial charge >= 0.3 is 11.8 Å². The number of ether oxygens (including phenoxy) is 1. The second-order valence-corrected chi connectivity index (χ2v) is 6.17. The summed E-state index contributed by atoms with van der Waals surface area (Å²) < 4.78 is 5.79. The van der Waals surface area contributed by atoms with E-state index in [1.54, 1.807) is 18.2 Å². The standard InChI is InChI=1S/C20H22N2O3/c23-19(21-15-9-3-1-4-10-15)20(24)22-17-13-7-8-14-18(17)25-16-11-5-2-6-12-16/h2,5-8,11-15H,1,3-4,9-10H2,(H,21,23)(H,22,24). The van der Waals surface area contributed by atoms with Crippen molar-refractivity contribution in [3.05, 3.63) is 54.6 Å². The van der Waals surface area contributed by atoms with Crippen molar-refractivity contribution in [1.29, 1.82) is 0 Å². The van der Waals surface area contributed by atoms with Crippen molar-refractivity contribution >= 4 is 17.5 Å². The highest BCUT2D eigenvalue weighted by Gasteiger charge is 2.21. The van der Waals surface area contributed by atoms with Crippen LogP contribution in [0, 0.1) is 0 Å². The number of hydrogen-bond donors (Lipinski definition) is 2. The Hall–Kier alpha value is -2.82. The zero-order chi connectivity index (χ0) is 17.5. The second-order valence-electron chi connectivity index (χ2n) is 6.17. The van der Waals surface area contributed by atoms with Crippen LogP contribution in [0.5, 0.6) is 11.5 Å². The van der Waals surface area contributed by atoms with E-state index in [0.29, 0.717) is 17.2 Å². The number of carbonyl (C=O) groups is 2. The molecular weight excluding hydrogens is 316 g/mol. The van der Waals surface area contributed by atoms with Crippen LogP contribution in [0.1, 0.15) is 32.1 Å². The number of carbonyl (C=O) groups excluding carboxylic acids is 2. The van der Waals surface area contributed by atoms with Gasteiger partial charge in [0, 0.05) is 6.04 Å². The van der Waals surface area contributed by atoms with Gasteiger partial charge in [-0.15, -0.1) is 0 Å². The lowest BCUT2D eigenvalue weighted by Crippen LogP contribution is -2.42. The maximum absolute atomic E-state index is 12.2. The van der Waals surface area contributed by atoms with Crippen LogP contribution in [0.4, 0.5) is 5.69 Å². The van der Waals surface area contributed by atoms with Gasteiger partial charge in [0.05, 0.1) is 5.69 Å². The summed E-state index contributed by atoms with van der Waals surface area (Å²) in [6.45, 7) is 0. The lowest BCUT2D eigenvalue weighted by molar-refractivity contribution is -0.136. The molecule has 0 aromatic heterocycles. The third-order valence-corrected chi connectivity index (χ3v) is 4.25. The first-order chi connectivity index (χ1) is 12.2. The Balaban J connectivity index is 1.63. The van der Waals surface area contributed by atoms with Gasteiger partial charge in [0.1, 0.15) is 5.75 Å². The molecule has 130 valence electrons. The lowest BCUT2D eigenvalue weighted by atomic mass is 9.95. The van der Waals surface area contributed by atoms with Gasteiger partial charge in [-0.2, -0.15) is 0 Å². The molecule has 25 heavy (non-hydrogen) atoms. The Morgan fingerprint density at radius 3 is 2.28 bits per heavy atom. The van der Waals surface area contributed by atoms with E-state index in [0.717, 1.165) is 25.7 Å². The van der Waals surface area contributed by atoms with E-state index in [1.807, 2.05) is 36.4 Å². The van der Waals surface area contributed by atoms with Gasteiger partial charge in [-0.3, -0.25) is 9.59 Å². The molecule has 2 aromatic rings. The number of benzene rings is 2. The summed E-state index contributed by atoms with van der Waals surface area (Å²) in [7, 11) is 0. The molecule has 0 heterocycles. The minimum atomic E-state index is -0.672. The molecular formula is C20H22N2O3. The molecule has 3 rings (SSSR count). The molecule has 0 aliphatic heterocycles. The first kappa shape index (κ1) is 17.0. The van der Waals surface area contributed by atoms with Crippen LogP contribution in [-0.2, 0) is 9.59 Å². The fourth-order valence-corrected chi connectivity index (χ4v) is 2.95. The van der Waals surface area contributed by atoms with Crippen molar-refractivity contribution in [3.63, 3.8) is 0 Å². The fourth-order valence-electron chi connectivity index (χ4n) is 2.95. The minimum Gasteiger partial charge on any atom is -0.455 e. The van der Waals surface area contributed by atoms with Crippen molar-refractivity contribution in [2.24, 2.45) is 0 Å². The minimum absolute atomic E-state index is 0.0998. The summed E-state index contributed by atoms with van der Waals surface area (Å²) in [5.74, 6) is -0.112. The molecule has 5 heteroatoms. The predicted molar refractivity (Wildman–Crippen MR) is 96.6 cm³/mol. The van der Waals surface area contributed by atoms with Gasteiger partial charge in [0.15, 0.2) is 5.75 Å². The molecule has 0 spiro atoms. The van der Waals surface area contributed by atoms with Gasteiger partial charge in [-0.05, 0) is 37.1 Å². The summed E-state index contributed by atoms with van der Waals surface area (Å²) in [6, 6.07) is 16.5. The number of hydrogen-bond acceptors (Lipinski definition) is 3. The highest BCUT2D eigenvalue weighted by molar-refractivity contribution is 6.39. The first-order valence-corrected chi connectivity index (χ1v) is 8.66. The molecule has 1 saturated carbocycles. The van der Waals surface area contributed by atoms with E-state index in [9.17, 15) is 9.59 Å². The van der Waals surface area contributed by atoms with E-state index in [1.165, 1.54) is 6.42 Å². The van der Waals surface area contributed by atoms with Crippen LogP contribution in [0.25, 0.3) is 0 Å². The zero-order valence-corrected chi connectivity index (χ0v) is 14.0. The third-order valence-electron chi connectivity index (χ3n) is 4.25. The quantitative estimate of drug-likeness (QED) is 0.832. The number of anilines is 1. The topological polar surface area (TPSA) is 67.4 Å². The Labute approximate surface area is 147 Å². The SMILES string of the molecule is O=C(Nc1ccccc1Oc1ccccc1)C(=O)NC1CCCCC1. The summed E-state index contributed by atoms with van der Waals surface area (Å²) >= 11 is 0. The molecule has 2 aromatic carbocycles. The molecule has 2 N–H and O–H groups in total. The van der Waals surface area contributed by atoms with E-state index in [-0.39, 0.29) is 6.04 Å². The van der Waals surface area contributed by atoms with Crippen molar-refractivity contribution < 1.29 is 14.3 Å². The summed E-state index contributed by atoms with van der Waals surface area (Å²) in [5.41, 5.74) is 0.468. The average molecular weight is 338 g/mol. The molecule has 0 atom stereocenters. The lowest BCUT2D eigenvalue weighted by Gasteiger charge is -2.22. The number of nitrogens with one attached hydrogen (secondary N) is 2. The second kappa shape index (κ2) is 8.33. The van der Waals surface area contributed by atoms with Gasteiger partial charge in [0.2, 0.25) is 0 Å². The van der Waals surface area contributed by atoms with Crippen LogP contribution in [-0.4, -0.2) is 17.9 Å². The average Bonchev–Trinajstić information content (AvgIpc) is 2.65. The normalized spacial score (nSPS) is 14.6. The van der Waals surface area contributed by atoms with Gasteiger partial charge in [-0.1, -0.05) is 49.6 Å². The maximum atomic E-state index is 12.2. The van der Waals surface area contributed by atoms with Gasteiger partial charge < -0.3 is 15.4 Å². The Morgan fingerprint density at radius 2 is 1.52 bits per heavy atom. The van der Waals surface area contributed by atoms with Crippen LogP contribution in [0.2, 0.25) is 0 Å². The van der Waals surface area contributed by atoms with Crippen LogP contribution in [0.3, 0.4) is 0 Å². The van der Waals surface area contributed by atoms with Gasteiger partial charge in [-0.25, -0.2) is 0 Å².